The highest BCUT2D eigenvalue weighted by molar-refractivity contribution is 7.90. The lowest BCUT2D eigenvalue weighted by Gasteiger charge is -2.12. The third kappa shape index (κ3) is 5.04. The Kier molecular flexibility index (Phi) is 5.76. The monoisotopic (exact) mass is 450 g/mol. The molecule has 13 heteroatoms. The quantitative estimate of drug-likeness (QED) is 0.628. The summed E-state index contributed by atoms with van der Waals surface area (Å²) in [5, 5.41) is 15.2. The Hall–Kier alpha value is -3.79. The van der Waals surface area contributed by atoms with E-state index in [0.717, 1.165) is 12.3 Å². The second-order valence-corrected chi connectivity index (χ2v) is 8.32. The predicted molar refractivity (Wildman–Crippen MR) is 99.6 cm³/mol. The van der Waals surface area contributed by atoms with E-state index in [-0.39, 0.29) is 12.4 Å². The molecule has 3 rings (SSSR count). The maximum Gasteiger partial charge on any atom is 0.416 e. The smallest absolute Gasteiger partial charge is 0.345 e. The lowest BCUT2D eigenvalue weighted by Crippen LogP contribution is -2.25. The summed E-state index contributed by atoms with van der Waals surface area (Å²) < 4.78 is 64.1. The van der Waals surface area contributed by atoms with Crippen molar-refractivity contribution in [2.24, 2.45) is 0 Å². The molecular weight excluding hydrogens is 437 g/mol. The average molecular weight is 450 g/mol. The average Bonchev–Trinajstić information content (AvgIpc) is 3.19. The van der Waals surface area contributed by atoms with Crippen molar-refractivity contribution < 1.29 is 26.4 Å². The van der Waals surface area contributed by atoms with Crippen molar-refractivity contribution in [3.05, 3.63) is 65.4 Å². The van der Waals surface area contributed by atoms with Gasteiger partial charge in [-0.2, -0.15) is 28.2 Å². The minimum Gasteiger partial charge on any atom is -0.345 e. The van der Waals surface area contributed by atoms with Crippen LogP contribution >= 0.6 is 0 Å². The number of benzene rings is 1. The van der Waals surface area contributed by atoms with Gasteiger partial charge >= 0.3 is 6.18 Å². The molecule has 2 heterocycles. The molecule has 0 saturated heterocycles. The van der Waals surface area contributed by atoms with Gasteiger partial charge in [-0.15, -0.1) is 0 Å². The molecule has 0 atom stereocenters. The number of nitrogens with one attached hydrogen (secondary N) is 1. The molecule has 0 saturated carbocycles. The molecule has 0 unspecified atom stereocenters. The summed E-state index contributed by atoms with van der Waals surface area (Å²) >= 11 is 0. The number of alkyl halides is 3. The topological polar surface area (TPSA) is 131 Å². The number of hydrogen-bond donors (Lipinski definition) is 1. The SMILES string of the molecule is CS(=O)(=O)c1cc(C(=O)NCc2ncnn2-c2ccc(C#N)cn2)cc(C(F)(F)F)c1. The fourth-order valence-electron chi connectivity index (χ4n) is 2.52. The van der Waals surface area contributed by atoms with Crippen molar-refractivity contribution in [1.82, 2.24) is 25.1 Å². The Balaban J connectivity index is 1.85. The van der Waals surface area contributed by atoms with Gasteiger partial charge in [-0.3, -0.25) is 4.79 Å². The predicted octanol–water partition coefficient (Wildman–Crippen LogP) is 1.89. The van der Waals surface area contributed by atoms with Gasteiger partial charge in [-0.25, -0.2) is 18.4 Å². The summed E-state index contributed by atoms with van der Waals surface area (Å²) in [4.78, 5) is 19.8. The Labute approximate surface area is 174 Å². The minimum absolute atomic E-state index is 0.209. The number of carbonyl (C=O) groups excluding carboxylic acids is 1. The molecule has 160 valence electrons. The van der Waals surface area contributed by atoms with E-state index in [1.54, 1.807) is 0 Å². The molecule has 1 N–H and O–H groups in total. The van der Waals surface area contributed by atoms with Gasteiger partial charge in [0, 0.05) is 18.0 Å². The van der Waals surface area contributed by atoms with E-state index in [9.17, 15) is 26.4 Å². The van der Waals surface area contributed by atoms with Crippen LogP contribution in [0.25, 0.3) is 5.82 Å². The van der Waals surface area contributed by atoms with Crippen molar-refractivity contribution in [2.75, 3.05) is 6.26 Å². The molecule has 1 aromatic carbocycles. The van der Waals surface area contributed by atoms with Gasteiger partial charge < -0.3 is 5.32 Å². The Bertz CT molecular complexity index is 1280. The van der Waals surface area contributed by atoms with Crippen LogP contribution < -0.4 is 5.32 Å². The van der Waals surface area contributed by atoms with Gasteiger partial charge in [0.05, 0.1) is 22.6 Å². The molecule has 0 aliphatic heterocycles. The number of hydrogen-bond acceptors (Lipinski definition) is 7. The maximum atomic E-state index is 13.1. The highest BCUT2D eigenvalue weighted by Crippen LogP contribution is 2.31. The largest absolute Gasteiger partial charge is 0.416 e. The molecule has 0 fully saturated rings. The van der Waals surface area contributed by atoms with Crippen molar-refractivity contribution in [2.45, 2.75) is 17.6 Å². The number of sulfone groups is 1. The van der Waals surface area contributed by atoms with Crippen molar-refractivity contribution >= 4 is 15.7 Å². The first-order valence-electron chi connectivity index (χ1n) is 8.45. The fraction of sp³-hybridized carbons (Fsp3) is 0.167. The number of pyridine rings is 1. The van der Waals surface area contributed by atoms with Crippen LogP contribution in [0.3, 0.4) is 0 Å². The van der Waals surface area contributed by atoms with Crippen molar-refractivity contribution in [3.63, 3.8) is 0 Å². The molecule has 0 aliphatic carbocycles. The van der Waals surface area contributed by atoms with Crippen LogP contribution in [0.5, 0.6) is 0 Å². The number of carbonyl (C=O) groups is 1. The fourth-order valence-corrected chi connectivity index (χ4v) is 3.21. The van der Waals surface area contributed by atoms with Gasteiger partial charge in [0.1, 0.15) is 12.4 Å². The Morgan fingerprint density at radius 3 is 2.55 bits per heavy atom. The zero-order chi connectivity index (χ0) is 22.8. The number of nitrogens with zero attached hydrogens (tertiary/aromatic N) is 5. The second-order valence-electron chi connectivity index (χ2n) is 6.30. The van der Waals surface area contributed by atoms with Gasteiger partial charge in [0.25, 0.3) is 5.91 Å². The number of rotatable bonds is 5. The number of aromatic nitrogens is 4. The summed E-state index contributed by atoms with van der Waals surface area (Å²) in [6.45, 7) is -0.231. The first-order valence-corrected chi connectivity index (χ1v) is 10.3. The second kappa shape index (κ2) is 8.15. The number of amides is 1. The maximum absolute atomic E-state index is 13.1. The Morgan fingerprint density at radius 1 is 1.23 bits per heavy atom. The minimum atomic E-state index is -4.84. The molecule has 3 aromatic rings. The molecule has 0 aliphatic rings. The molecule has 2 aromatic heterocycles. The van der Waals surface area contributed by atoms with E-state index >= 15 is 0 Å². The van der Waals surface area contributed by atoms with E-state index in [2.05, 4.69) is 20.4 Å². The third-order valence-corrected chi connectivity index (χ3v) is 5.14. The molecule has 0 spiro atoms. The van der Waals surface area contributed by atoms with Gasteiger partial charge in [0.2, 0.25) is 0 Å². The first-order chi connectivity index (χ1) is 14.5. The summed E-state index contributed by atoms with van der Waals surface area (Å²) in [7, 11) is -3.99. The third-order valence-electron chi connectivity index (χ3n) is 4.04. The van der Waals surface area contributed by atoms with Crippen LogP contribution in [0.4, 0.5) is 13.2 Å². The molecule has 31 heavy (non-hydrogen) atoms. The number of nitriles is 1. The highest BCUT2D eigenvalue weighted by atomic mass is 32.2. The van der Waals surface area contributed by atoms with E-state index in [4.69, 9.17) is 5.26 Å². The summed E-state index contributed by atoms with van der Waals surface area (Å²) in [5.74, 6) is -0.418. The molecule has 0 bridgehead atoms. The molecule has 1 amide bonds. The first kappa shape index (κ1) is 21.9. The van der Waals surface area contributed by atoms with Crippen LogP contribution in [-0.4, -0.2) is 40.3 Å². The van der Waals surface area contributed by atoms with Crippen LogP contribution in [0, 0.1) is 11.3 Å². The lowest BCUT2D eigenvalue weighted by atomic mass is 10.1. The van der Waals surface area contributed by atoms with Gasteiger partial charge in [-0.1, -0.05) is 0 Å². The van der Waals surface area contributed by atoms with Gasteiger partial charge in [0.15, 0.2) is 21.5 Å². The van der Waals surface area contributed by atoms with E-state index < -0.39 is 37.9 Å². The Morgan fingerprint density at radius 2 is 1.97 bits per heavy atom. The molecule has 9 nitrogen and oxygen atoms in total. The van der Waals surface area contributed by atoms with Crippen LogP contribution in [-0.2, 0) is 22.6 Å². The zero-order valence-electron chi connectivity index (χ0n) is 15.8. The van der Waals surface area contributed by atoms with Crippen molar-refractivity contribution in [3.8, 4) is 11.9 Å². The normalized spacial score (nSPS) is 11.7. The van der Waals surface area contributed by atoms with Gasteiger partial charge in [-0.05, 0) is 30.3 Å². The zero-order valence-corrected chi connectivity index (χ0v) is 16.6. The molecule has 0 radical (unpaired) electrons. The van der Waals surface area contributed by atoms with Crippen LogP contribution in [0.2, 0.25) is 0 Å². The summed E-state index contributed by atoms with van der Waals surface area (Å²) in [6, 6.07) is 6.83. The van der Waals surface area contributed by atoms with Crippen molar-refractivity contribution in [1.29, 1.82) is 5.26 Å². The van der Waals surface area contributed by atoms with E-state index in [0.29, 0.717) is 23.5 Å². The lowest BCUT2D eigenvalue weighted by molar-refractivity contribution is -0.137. The van der Waals surface area contributed by atoms with Crippen LogP contribution in [0.15, 0.2) is 47.8 Å². The van der Waals surface area contributed by atoms with E-state index in [1.807, 2.05) is 6.07 Å². The summed E-state index contributed by atoms with van der Waals surface area (Å²) in [5.41, 5.74) is -1.41. The number of halogens is 3. The van der Waals surface area contributed by atoms with Crippen LogP contribution in [0.1, 0.15) is 27.3 Å². The highest BCUT2D eigenvalue weighted by Gasteiger charge is 2.32. The van der Waals surface area contributed by atoms with E-state index in [1.165, 1.54) is 29.3 Å². The standard InChI is InChI=1S/C18H13F3N6O3S/c1-31(29,30)14-5-12(4-13(6-14)18(19,20)21)17(28)24-9-16-25-10-26-27(16)15-3-2-11(7-22)8-23-15/h2-6,8,10H,9H2,1H3,(H,24,28). The molecular formula is C18H13F3N6O3S. The summed E-state index contributed by atoms with van der Waals surface area (Å²) in [6.07, 6.45) is -1.59.